The Labute approximate surface area is 120 Å². The van der Waals surface area contributed by atoms with Gasteiger partial charge in [0.1, 0.15) is 5.76 Å². The first-order chi connectivity index (χ1) is 9.88. The van der Waals surface area contributed by atoms with Gasteiger partial charge in [-0.15, -0.1) is 0 Å². The number of fused-ring (bicyclic) bond motifs is 1. The van der Waals surface area contributed by atoms with Crippen LogP contribution in [0.15, 0.2) is 41.0 Å². The summed E-state index contributed by atoms with van der Waals surface area (Å²) in [5, 5.41) is 3.34. The molecule has 0 saturated carbocycles. The molecule has 20 heavy (non-hydrogen) atoms. The topological polar surface area (TPSA) is 28.4 Å². The van der Waals surface area contributed by atoms with Crippen molar-refractivity contribution in [3.63, 3.8) is 0 Å². The summed E-state index contributed by atoms with van der Waals surface area (Å²) < 4.78 is 5.61. The predicted molar refractivity (Wildman–Crippen MR) is 81.9 cm³/mol. The van der Waals surface area contributed by atoms with Gasteiger partial charge >= 0.3 is 0 Å². The molecule has 0 unspecified atom stereocenters. The van der Waals surface area contributed by atoms with Crippen molar-refractivity contribution < 1.29 is 4.42 Å². The van der Waals surface area contributed by atoms with Crippen LogP contribution in [0.3, 0.4) is 0 Å². The molecule has 106 valence electrons. The third-order valence-electron chi connectivity index (χ3n) is 3.94. The van der Waals surface area contributed by atoms with Crippen LogP contribution in [-0.2, 0) is 19.5 Å². The number of benzene rings is 1. The molecule has 3 heteroatoms. The molecule has 0 saturated heterocycles. The highest BCUT2D eigenvalue weighted by atomic mass is 16.3. The number of para-hydroxylation sites is 1. The van der Waals surface area contributed by atoms with Crippen LogP contribution in [-0.4, -0.2) is 13.1 Å². The lowest BCUT2D eigenvalue weighted by atomic mass is 10.0. The van der Waals surface area contributed by atoms with Crippen LogP contribution in [0.4, 0.5) is 5.69 Å². The largest absolute Gasteiger partial charge is 0.468 e. The maximum atomic E-state index is 5.61. The highest BCUT2D eigenvalue weighted by Crippen LogP contribution is 2.28. The van der Waals surface area contributed by atoms with E-state index in [0.717, 1.165) is 31.9 Å². The lowest BCUT2D eigenvalue weighted by molar-refractivity contribution is 0.481. The summed E-state index contributed by atoms with van der Waals surface area (Å²) in [7, 11) is 0. The van der Waals surface area contributed by atoms with E-state index in [-0.39, 0.29) is 0 Å². The van der Waals surface area contributed by atoms with Gasteiger partial charge in [-0.05, 0) is 37.1 Å². The highest BCUT2D eigenvalue weighted by molar-refractivity contribution is 5.55. The fourth-order valence-electron chi connectivity index (χ4n) is 2.88. The number of anilines is 1. The maximum absolute atomic E-state index is 5.61. The average molecular weight is 270 g/mol. The van der Waals surface area contributed by atoms with Crippen molar-refractivity contribution in [1.82, 2.24) is 5.32 Å². The molecule has 0 spiro atoms. The summed E-state index contributed by atoms with van der Waals surface area (Å²) in [6, 6.07) is 10.8. The molecule has 1 aromatic heterocycles. The molecule has 0 bridgehead atoms. The molecule has 1 aliphatic rings. The molecular weight excluding hydrogens is 248 g/mol. The van der Waals surface area contributed by atoms with Crippen molar-refractivity contribution in [2.75, 3.05) is 18.0 Å². The van der Waals surface area contributed by atoms with Crippen molar-refractivity contribution in [1.29, 1.82) is 0 Å². The number of rotatable bonds is 5. The number of nitrogens with one attached hydrogen (secondary N) is 1. The summed E-state index contributed by atoms with van der Waals surface area (Å²) in [4.78, 5) is 2.47. The zero-order valence-corrected chi connectivity index (χ0v) is 12.1. The number of hydrogen-bond donors (Lipinski definition) is 1. The Morgan fingerprint density at radius 3 is 3.05 bits per heavy atom. The van der Waals surface area contributed by atoms with Crippen LogP contribution in [0.25, 0.3) is 0 Å². The fraction of sp³-hybridized carbons (Fsp3) is 0.412. The molecule has 2 heterocycles. The van der Waals surface area contributed by atoms with Crippen LogP contribution in [0.1, 0.15) is 30.2 Å². The number of furan rings is 1. The molecule has 0 atom stereocenters. The summed E-state index contributed by atoms with van der Waals surface area (Å²) >= 11 is 0. The van der Waals surface area contributed by atoms with Gasteiger partial charge in [0.15, 0.2) is 0 Å². The second-order valence-corrected chi connectivity index (χ2v) is 5.30. The first kappa shape index (κ1) is 13.3. The predicted octanol–water partition coefficient (Wildman–Crippen LogP) is 3.34. The number of nitrogens with zero attached hydrogens (tertiary/aromatic N) is 1. The van der Waals surface area contributed by atoms with Gasteiger partial charge in [-0.25, -0.2) is 0 Å². The molecule has 1 aliphatic heterocycles. The Morgan fingerprint density at radius 2 is 2.15 bits per heavy atom. The molecular formula is C17H22N2O. The molecule has 0 fully saturated rings. The SMILES string of the molecule is CCNCc1occc1CN1CCCc2ccccc21. The van der Waals surface area contributed by atoms with Gasteiger partial charge < -0.3 is 14.6 Å². The second-order valence-electron chi connectivity index (χ2n) is 5.30. The lowest BCUT2D eigenvalue weighted by Crippen LogP contribution is -2.29. The molecule has 1 N–H and O–H groups in total. The summed E-state index contributed by atoms with van der Waals surface area (Å²) in [6.07, 6.45) is 4.23. The van der Waals surface area contributed by atoms with Gasteiger partial charge in [-0.3, -0.25) is 0 Å². The van der Waals surface area contributed by atoms with E-state index in [1.165, 1.54) is 29.7 Å². The fourth-order valence-corrected chi connectivity index (χ4v) is 2.88. The smallest absolute Gasteiger partial charge is 0.122 e. The van der Waals surface area contributed by atoms with Crippen molar-refractivity contribution in [3.05, 3.63) is 53.5 Å². The van der Waals surface area contributed by atoms with Crippen molar-refractivity contribution in [3.8, 4) is 0 Å². The van der Waals surface area contributed by atoms with Gasteiger partial charge in [0.2, 0.25) is 0 Å². The van der Waals surface area contributed by atoms with E-state index < -0.39 is 0 Å². The highest BCUT2D eigenvalue weighted by Gasteiger charge is 2.18. The van der Waals surface area contributed by atoms with Crippen LogP contribution < -0.4 is 10.2 Å². The second kappa shape index (κ2) is 6.14. The van der Waals surface area contributed by atoms with E-state index in [4.69, 9.17) is 4.42 Å². The van der Waals surface area contributed by atoms with E-state index in [2.05, 4.69) is 47.5 Å². The monoisotopic (exact) mass is 270 g/mol. The van der Waals surface area contributed by atoms with Gasteiger partial charge in [0.05, 0.1) is 12.8 Å². The van der Waals surface area contributed by atoms with Crippen molar-refractivity contribution in [2.45, 2.75) is 32.9 Å². The molecule has 1 aromatic carbocycles. The van der Waals surface area contributed by atoms with Gasteiger partial charge in [0.25, 0.3) is 0 Å². The van der Waals surface area contributed by atoms with Crippen LogP contribution in [0.5, 0.6) is 0 Å². The Balaban J connectivity index is 1.77. The Bertz CT molecular complexity index is 562. The van der Waals surface area contributed by atoms with E-state index in [1.807, 2.05) is 0 Å². The minimum Gasteiger partial charge on any atom is -0.468 e. The van der Waals surface area contributed by atoms with E-state index in [1.54, 1.807) is 6.26 Å². The van der Waals surface area contributed by atoms with Crippen molar-refractivity contribution >= 4 is 5.69 Å². The minimum atomic E-state index is 0.814. The zero-order chi connectivity index (χ0) is 13.8. The molecule has 3 rings (SSSR count). The van der Waals surface area contributed by atoms with Gasteiger partial charge in [-0.1, -0.05) is 25.1 Å². The van der Waals surface area contributed by atoms with E-state index in [0.29, 0.717) is 0 Å². The summed E-state index contributed by atoms with van der Waals surface area (Å²) in [5.74, 6) is 1.06. The minimum absolute atomic E-state index is 0.814. The zero-order valence-electron chi connectivity index (χ0n) is 12.1. The van der Waals surface area contributed by atoms with Crippen LogP contribution >= 0.6 is 0 Å². The normalized spacial score (nSPS) is 14.3. The standard InChI is InChI=1S/C17H22N2O/c1-2-18-12-17-15(9-11-20-17)13-19-10-5-7-14-6-3-4-8-16(14)19/h3-4,6,8-9,11,18H,2,5,7,10,12-13H2,1H3. The average Bonchev–Trinajstić information content (AvgIpc) is 2.93. The van der Waals surface area contributed by atoms with Crippen LogP contribution in [0, 0.1) is 0 Å². The quantitative estimate of drug-likeness (QED) is 0.903. The number of aryl methyl sites for hydroxylation is 1. The Kier molecular flexibility index (Phi) is 4.07. The number of hydrogen-bond acceptors (Lipinski definition) is 3. The third kappa shape index (κ3) is 2.73. The summed E-state index contributed by atoms with van der Waals surface area (Å²) in [5.41, 5.74) is 4.15. The maximum Gasteiger partial charge on any atom is 0.122 e. The molecule has 0 radical (unpaired) electrons. The van der Waals surface area contributed by atoms with E-state index >= 15 is 0 Å². The van der Waals surface area contributed by atoms with Crippen LogP contribution in [0.2, 0.25) is 0 Å². The first-order valence-corrected chi connectivity index (χ1v) is 7.47. The molecule has 3 nitrogen and oxygen atoms in total. The summed E-state index contributed by atoms with van der Waals surface area (Å²) in [6.45, 7) is 5.96. The lowest BCUT2D eigenvalue weighted by Gasteiger charge is -2.31. The third-order valence-corrected chi connectivity index (χ3v) is 3.94. The Morgan fingerprint density at radius 1 is 1.25 bits per heavy atom. The Hall–Kier alpha value is -1.74. The molecule has 2 aromatic rings. The molecule has 0 amide bonds. The molecule has 0 aliphatic carbocycles. The van der Waals surface area contributed by atoms with Gasteiger partial charge in [0, 0.05) is 24.3 Å². The van der Waals surface area contributed by atoms with E-state index in [9.17, 15) is 0 Å². The first-order valence-electron chi connectivity index (χ1n) is 7.47. The van der Waals surface area contributed by atoms with Gasteiger partial charge in [-0.2, -0.15) is 0 Å². The van der Waals surface area contributed by atoms with Crippen molar-refractivity contribution in [2.24, 2.45) is 0 Å².